The first-order valence-electron chi connectivity index (χ1n) is 18.4. The molecule has 1 aliphatic heterocycles. The van der Waals surface area contributed by atoms with Crippen molar-refractivity contribution in [1.29, 1.82) is 0 Å². The molecule has 2 amide bonds. The second-order valence-electron chi connectivity index (χ2n) is 16.3. The number of para-hydroxylation sites is 1. The van der Waals surface area contributed by atoms with E-state index >= 15 is 9.18 Å². The van der Waals surface area contributed by atoms with E-state index in [4.69, 9.17) is 21.1 Å². The number of carbonyl (C=O) groups excluding carboxylic acids is 2. The number of aryl methyl sites for hydroxylation is 1. The van der Waals surface area contributed by atoms with Gasteiger partial charge in [-0.2, -0.15) is 0 Å². The Bertz CT molecular complexity index is 2600. The van der Waals surface area contributed by atoms with Gasteiger partial charge in [-0.05, 0) is 78.1 Å². The number of piperazine rings is 1. The molecule has 57 heavy (non-hydrogen) atoms. The number of hydrogen-bond donors (Lipinski definition) is 1. The van der Waals surface area contributed by atoms with Crippen molar-refractivity contribution in [3.63, 3.8) is 0 Å². The molecule has 1 fully saturated rings. The van der Waals surface area contributed by atoms with Crippen molar-refractivity contribution < 1.29 is 31.9 Å². The van der Waals surface area contributed by atoms with E-state index in [2.05, 4.69) is 15.3 Å². The van der Waals surface area contributed by atoms with Crippen molar-refractivity contribution in [2.75, 3.05) is 42.7 Å². The van der Waals surface area contributed by atoms with Gasteiger partial charge in [-0.25, -0.2) is 27.4 Å². The molecular weight excluding hydrogens is 795 g/mol. The number of thiazole rings is 1. The summed E-state index contributed by atoms with van der Waals surface area (Å²) in [5, 5.41) is 2.85. The van der Waals surface area contributed by atoms with E-state index in [1.165, 1.54) is 11.0 Å². The highest BCUT2D eigenvalue weighted by Crippen LogP contribution is 2.45. The first kappa shape index (κ1) is 41.8. The molecule has 1 N–H and O–H groups in total. The number of hydrogen-bond acceptors (Lipinski definition) is 11. The van der Waals surface area contributed by atoms with Gasteiger partial charge in [0.05, 0.1) is 37.8 Å². The quantitative estimate of drug-likeness (QED) is 0.176. The number of aromatic nitrogens is 3. The first-order chi connectivity index (χ1) is 26.5. The van der Waals surface area contributed by atoms with Crippen LogP contribution < -0.4 is 15.8 Å². The molecular formula is C40H46ClFN6O7S2. The summed E-state index contributed by atoms with van der Waals surface area (Å²) < 4.78 is 58.3. The lowest BCUT2D eigenvalue weighted by Crippen LogP contribution is -2.50. The van der Waals surface area contributed by atoms with Crippen LogP contribution in [0.25, 0.3) is 37.9 Å². The summed E-state index contributed by atoms with van der Waals surface area (Å²) in [6.45, 7) is 16.5. The molecule has 4 heterocycles. The Morgan fingerprint density at radius 3 is 2.25 bits per heavy atom. The number of fused-ring (bicyclic) bond motifs is 2. The summed E-state index contributed by atoms with van der Waals surface area (Å²) in [6, 6.07) is 8.24. The van der Waals surface area contributed by atoms with Crippen LogP contribution in [0.2, 0.25) is 5.02 Å². The van der Waals surface area contributed by atoms with Crippen LogP contribution in [0.5, 0.6) is 0 Å². The smallest absolute Gasteiger partial charge is 0.413 e. The molecule has 0 aliphatic carbocycles. The third kappa shape index (κ3) is 8.44. The number of anilines is 2. The first-order valence-corrected chi connectivity index (χ1v) is 21.4. The van der Waals surface area contributed by atoms with E-state index in [-0.39, 0.29) is 75.7 Å². The zero-order chi connectivity index (χ0) is 41.9. The summed E-state index contributed by atoms with van der Waals surface area (Å²) >= 11 is 8.22. The molecule has 17 heteroatoms. The van der Waals surface area contributed by atoms with Gasteiger partial charge in [-0.15, -0.1) is 0 Å². The van der Waals surface area contributed by atoms with Crippen LogP contribution in [-0.2, 0) is 19.3 Å². The second-order valence-corrected chi connectivity index (χ2v) is 19.7. The number of amides is 2. The predicted molar refractivity (Wildman–Crippen MR) is 223 cm³/mol. The van der Waals surface area contributed by atoms with Crippen LogP contribution in [-0.4, -0.2) is 83.7 Å². The molecule has 13 nitrogen and oxygen atoms in total. The van der Waals surface area contributed by atoms with Crippen LogP contribution >= 0.6 is 22.9 Å². The van der Waals surface area contributed by atoms with Crippen LogP contribution in [0.15, 0.2) is 46.2 Å². The van der Waals surface area contributed by atoms with Gasteiger partial charge in [0, 0.05) is 55.1 Å². The van der Waals surface area contributed by atoms with Gasteiger partial charge < -0.3 is 19.3 Å². The van der Waals surface area contributed by atoms with E-state index < -0.39 is 49.5 Å². The van der Waals surface area contributed by atoms with Gasteiger partial charge in [0.15, 0.2) is 25.7 Å². The minimum atomic E-state index is -4.29. The lowest BCUT2D eigenvalue weighted by atomic mass is 9.99. The average molecular weight is 841 g/mol. The van der Waals surface area contributed by atoms with Gasteiger partial charge in [-0.3, -0.25) is 19.7 Å². The van der Waals surface area contributed by atoms with E-state index in [1.807, 2.05) is 13.8 Å². The Kier molecular flexibility index (Phi) is 11.1. The number of ether oxygens (including phenoxy) is 2. The zero-order valence-electron chi connectivity index (χ0n) is 33.5. The maximum absolute atomic E-state index is 18.0. The highest BCUT2D eigenvalue weighted by atomic mass is 35.5. The second kappa shape index (κ2) is 15.2. The molecule has 0 bridgehead atoms. The van der Waals surface area contributed by atoms with Gasteiger partial charge in [0.2, 0.25) is 0 Å². The van der Waals surface area contributed by atoms with Crippen molar-refractivity contribution in [2.45, 2.75) is 84.3 Å². The lowest BCUT2D eigenvalue weighted by molar-refractivity contribution is 0.0240. The molecule has 2 aromatic carbocycles. The highest BCUT2D eigenvalue weighted by molar-refractivity contribution is 7.90. The Morgan fingerprint density at radius 2 is 1.65 bits per heavy atom. The van der Waals surface area contributed by atoms with E-state index in [1.54, 1.807) is 83.8 Å². The van der Waals surface area contributed by atoms with E-state index in [0.29, 0.717) is 21.5 Å². The minimum absolute atomic E-state index is 0.0201. The van der Waals surface area contributed by atoms with Crippen LogP contribution in [0.4, 0.5) is 24.8 Å². The van der Waals surface area contributed by atoms with Crippen LogP contribution in [0.3, 0.4) is 0 Å². The molecule has 3 aromatic heterocycles. The third-order valence-corrected chi connectivity index (χ3v) is 11.5. The average Bonchev–Trinajstić information content (AvgIpc) is 3.49. The summed E-state index contributed by atoms with van der Waals surface area (Å²) in [4.78, 5) is 52.5. The van der Waals surface area contributed by atoms with Crippen molar-refractivity contribution >= 4 is 76.9 Å². The number of benzene rings is 2. The Balaban J connectivity index is 1.65. The fourth-order valence-electron chi connectivity index (χ4n) is 6.86. The van der Waals surface area contributed by atoms with E-state index in [9.17, 15) is 18.0 Å². The summed E-state index contributed by atoms with van der Waals surface area (Å²) in [6.07, 6.45) is 1.29. The molecule has 0 radical (unpaired) electrons. The largest absolute Gasteiger partial charge is 0.444 e. The normalized spacial score (nSPS) is 14.1. The summed E-state index contributed by atoms with van der Waals surface area (Å²) in [5.41, 5.74) is -0.912. The van der Waals surface area contributed by atoms with Crippen LogP contribution in [0, 0.1) is 12.7 Å². The lowest BCUT2D eigenvalue weighted by Gasteiger charge is -2.38. The van der Waals surface area contributed by atoms with Crippen molar-refractivity contribution in [3.8, 4) is 16.8 Å². The number of carbonyl (C=O) groups is 2. The van der Waals surface area contributed by atoms with Gasteiger partial charge in [-0.1, -0.05) is 48.9 Å². The monoisotopic (exact) mass is 840 g/mol. The third-order valence-electron chi connectivity index (χ3n) is 9.12. The molecule has 1 aliphatic rings. The number of halogens is 2. The number of nitrogens with zero attached hydrogens (tertiary/aromatic N) is 5. The summed E-state index contributed by atoms with van der Waals surface area (Å²) in [7, 11) is -4.29. The SMILES string of the molecule is Cc1ccnc(C(C)C)c1-n1c(=O)c(S(C)(=O)=O)c(N2CCN(C(=O)OC(C)(C)C)CC2)c2cc(Cl)c(-c3cccc4sc(NC(=O)OC(C)(C)C)nc34)c(F)c21. The predicted octanol–water partition coefficient (Wildman–Crippen LogP) is 8.69. The van der Waals surface area contributed by atoms with Gasteiger partial charge in [0.1, 0.15) is 11.2 Å². The fraction of sp³-hybridized carbons (Fsp3) is 0.425. The van der Waals surface area contributed by atoms with Crippen molar-refractivity contribution in [1.82, 2.24) is 19.4 Å². The number of nitrogens with one attached hydrogen (secondary N) is 1. The van der Waals surface area contributed by atoms with Crippen LogP contribution in [0.1, 0.15) is 72.6 Å². The molecule has 0 saturated carbocycles. The maximum Gasteiger partial charge on any atom is 0.413 e. The molecule has 0 unspecified atom stereocenters. The van der Waals surface area contributed by atoms with Crippen molar-refractivity contribution in [3.05, 3.63) is 69.0 Å². The van der Waals surface area contributed by atoms with Gasteiger partial charge >= 0.3 is 12.2 Å². The molecule has 5 aromatic rings. The molecule has 1 saturated heterocycles. The number of pyridine rings is 2. The van der Waals surface area contributed by atoms with Crippen molar-refractivity contribution in [2.24, 2.45) is 0 Å². The number of rotatable bonds is 6. The Labute approximate surface area is 339 Å². The minimum Gasteiger partial charge on any atom is -0.444 e. The topological polar surface area (TPSA) is 153 Å². The molecule has 0 spiro atoms. The molecule has 6 rings (SSSR count). The fourth-order valence-corrected chi connectivity index (χ4v) is 9.03. The Morgan fingerprint density at radius 1 is 1.00 bits per heavy atom. The van der Waals surface area contributed by atoms with Gasteiger partial charge in [0.25, 0.3) is 5.56 Å². The molecule has 304 valence electrons. The number of sulfone groups is 1. The molecule has 0 atom stereocenters. The standard InChI is InChI=1S/C40H46ClFN6O7S2/c1-21(2)29-31(22(3)14-15-43-29)48-32-24(33(34(35(48)49)57(10,52)53)46-16-18-47(19-17-46)38(51)55-40(7,8)9)20-25(41)27(28(32)42)23-12-11-13-26-30(23)44-36(56-26)45-37(50)54-39(4,5)6/h11-15,20-21H,16-19H2,1-10H3,(H,44,45,50). The zero-order valence-corrected chi connectivity index (χ0v) is 35.9. The Hall–Kier alpha value is -4.80. The summed E-state index contributed by atoms with van der Waals surface area (Å²) in [5.74, 6) is -1.15. The maximum atomic E-state index is 18.0. The van der Waals surface area contributed by atoms with E-state index in [0.717, 1.165) is 22.2 Å². The highest BCUT2D eigenvalue weighted by Gasteiger charge is 2.35.